The molecule has 0 aromatic carbocycles. The van der Waals surface area contributed by atoms with E-state index in [0.717, 1.165) is 38.6 Å². The SMILES string of the molecule is O=C1OCCCN1CC1(O)CCCCC1. The molecule has 1 N–H and O–H groups in total. The first-order chi connectivity index (χ1) is 7.20. The van der Waals surface area contributed by atoms with Crippen LogP contribution in [0.1, 0.15) is 38.5 Å². The van der Waals surface area contributed by atoms with Gasteiger partial charge in [0.05, 0.1) is 18.8 Å². The highest BCUT2D eigenvalue weighted by atomic mass is 16.6. The summed E-state index contributed by atoms with van der Waals surface area (Å²) in [6, 6.07) is 0. The van der Waals surface area contributed by atoms with E-state index in [1.807, 2.05) is 0 Å². The number of β-amino-alcohol motifs (C(OH)–C–C–N with tert-alkyl or cyclic N) is 1. The molecule has 86 valence electrons. The van der Waals surface area contributed by atoms with Crippen LogP contribution >= 0.6 is 0 Å². The summed E-state index contributed by atoms with van der Waals surface area (Å²) in [4.78, 5) is 13.1. The van der Waals surface area contributed by atoms with Crippen molar-refractivity contribution in [3.8, 4) is 0 Å². The summed E-state index contributed by atoms with van der Waals surface area (Å²) in [5, 5.41) is 10.3. The van der Waals surface area contributed by atoms with Gasteiger partial charge in [0.2, 0.25) is 0 Å². The van der Waals surface area contributed by atoms with Crippen LogP contribution in [0.3, 0.4) is 0 Å². The van der Waals surface area contributed by atoms with Crippen molar-refractivity contribution in [3.63, 3.8) is 0 Å². The fourth-order valence-electron chi connectivity index (χ4n) is 2.46. The molecule has 0 aromatic rings. The zero-order chi connectivity index (χ0) is 10.7. The van der Waals surface area contributed by atoms with E-state index in [2.05, 4.69) is 0 Å². The van der Waals surface area contributed by atoms with Crippen molar-refractivity contribution in [2.24, 2.45) is 0 Å². The number of amides is 1. The Kier molecular flexibility index (Phi) is 3.14. The highest BCUT2D eigenvalue weighted by Crippen LogP contribution is 2.29. The number of hydrogen-bond acceptors (Lipinski definition) is 3. The third-order valence-electron chi connectivity index (χ3n) is 3.33. The molecule has 0 radical (unpaired) electrons. The maximum absolute atomic E-state index is 11.4. The lowest BCUT2D eigenvalue weighted by Gasteiger charge is -2.37. The second-order valence-corrected chi connectivity index (χ2v) is 4.67. The van der Waals surface area contributed by atoms with Gasteiger partial charge in [0, 0.05) is 6.54 Å². The molecule has 2 aliphatic rings. The number of aliphatic hydroxyl groups is 1. The molecule has 0 atom stereocenters. The van der Waals surface area contributed by atoms with Crippen LogP contribution in [0.25, 0.3) is 0 Å². The summed E-state index contributed by atoms with van der Waals surface area (Å²) in [6.07, 6.45) is 5.58. The lowest BCUT2D eigenvalue weighted by atomic mass is 9.84. The van der Waals surface area contributed by atoms with Gasteiger partial charge in [-0.05, 0) is 19.3 Å². The molecule has 1 aliphatic carbocycles. The van der Waals surface area contributed by atoms with E-state index in [1.54, 1.807) is 4.90 Å². The molecule has 1 amide bonds. The molecule has 0 aromatic heterocycles. The van der Waals surface area contributed by atoms with E-state index in [4.69, 9.17) is 4.74 Å². The summed E-state index contributed by atoms with van der Waals surface area (Å²) in [6.45, 7) is 1.70. The van der Waals surface area contributed by atoms with E-state index >= 15 is 0 Å². The van der Waals surface area contributed by atoms with Crippen molar-refractivity contribution in [1.82, 2.24) is 4.90 Å². The summed E-state index contributed by atoms with van der Waals surface area (Å²) < 4.78 is 4.95. The van der Waals surface area contributed by atoms with Crippen LogP contribution in [0.4, 0.5) is 4.79 Å². The zero-order valence-corrected chi connectivity index (χ0v) is 9.07. The second-order valence-electron chi connectivity index (χ2n) is 4.67. The molecular weight excluding hydrogens is 194 g/mol. The molecule has 0 bridgehead atoms. The van der Waals surface area contributed by atoms with Crippen molar-refractivity contribution in [3.05, 3.63) is 0 Å². The van der Waals surface area contributed by atoms with Gasteiger partial charge < -0.3 is 14.7 Å². The second kappa shape index (κ2) is 4.39. The van der Waals surface area contributed by atoms with Crippen LogP contribution < -0.4 is 0 Å². The molecule has 4 heteroatoms. The Labute approximate surface area is 90.2 Å². The lowest BCUT2D eigenvalue weighted by molar-refractivity contribution is -0.0335. The molecule has 2 rings (SSSR count). The normalized spacial score (nSPS) is 26.2. The first-order valence-corrected chi connectivity index (χ1v) is 5.84. The Bertz CT molecular complexity index is 236. The Morgan fingerprint density at radius 3 is 2.67 bits per heavy atom. The van der Waals surface area contributed by atoms with Crippen molar-refractivity contribution < 1.29 is 14.6 Å². The van der Waals surface area contributed by atoms with Gasteiger partial charge in [-0.25, -0.2) is 4.79 Å². The largest absolute Gasteiger partial charge is 0.449 e. The lowest BCUT2D eigenvalue weighted by Crippen LogP contribution is -2.49. The number of carbonyl (C=O) groups excluding carboxylic acids is 1. The van der Waals surface area contributed by atoms with Gasteiger partial charge in [0.15, 0.2) is 0 Å². The number of ether oxygens (including phenoxy) is 1. The topological polar surface area (TPSA) is 49.8 Å². The number of rotatable bonds is 2. The van der Waals surface area contributed by atoms with Crippen LogP contribution in [0.15, 0.2) is 0 Å². The average Bonchev–Trinajstić information content (AvgIpc) is 2.22. The first kappa shape index (κ1) is 10.7. The Balaban J connectivity index is 1.91. The fourth-order valence-corrected chi connectivity index (χ4v) is 2.46. The maximum Gasteiger partial charge on any atom is 0.409 e. The van der Waals surface area contributed by atoms with Crippen LogP contribution in [-0.4, -0.2) is 41.4 Å². The molecule has 1 saturated heterocycles. The van der Waals surface area contributed by atoms with Crippen LogP contribution in [0.2, 0.25) is 0 Å². The van der Waals surface area contributed by atoms with E-state index < -0.39 is 5.60 Å². The molecule has 1 aliphatic heterocycles. The molecule has 0 spiro atoms. The monoisotopic (exact) mass is 213 g/mol. The highest BCUT2D eigenvalue weighted by molar-refractivity contribution is 5.68. The smallest absolute Gasteiger partial charge is 0.409 e. The molecule has 1 heterocycles. The maximum atomic E-state index is 11.4. The Hall–Kier alpha value is -0.770. The number of nitrogens with zero attached hydrogens (tertiary/aromatic N) is 1. The minimum absolute atomic E-state index is 0.264. The zero-order valence-electron chi connectivity index (χ0n) is 9.07. The predicted octanol–water partition coefficient (Wildman–Crippen LogP) is 1.52. The van der Waals surface area contributed by atoms with E-state index in [0.29, 0.717) is 13.2 Å². The van der Waals surface area contributed by atoms with Gasteiger partial charge in [0.1, 0.15) is 0 Å². The van der Waals surface area contributed by atoms with Gasteiger partial charge >= 0.3 is 6.09 Å². The molecule has 1 saturated carbocycles. The average molecular weight is 213 g/mol. The molecule has 15 heavy (non-hydrogen) atoms. The third-order valence-corrected chi connectivity index (χ3v) is 3.33. The molecule has 4 nitrogen and oxygen atoms in total. The predicted molar refractivity (Wildman–Crippen MR) is 55.6 cm³/mol. The Morgan fingerprint density at radius 1 is 1.27 bits per heavy atom. The third kappa shape index (κ3) is 2.62. The van der Waals surface area contributed by atoms with Crippen LogP contribution in [0, 0.1) is 0 Å². The molecule has 0 unspecified atom stereocenters. The number of hydrogen-bond donors (Lipinski definition) is 1. The van der Waals surface area contributed by atoms with Gasteiger partial charge in [-0.15, -0.1) is 0 Å². The minimum atomic E-state index is -0.658. The number of carbonyl (C=O) groups is 1. The molecular formula is C11H19NO3. The quantitative estimate of drug-likeness (QED) is 0.756. The van der Waals surface area contributed by atoms with Crippen molar-refractivity contribution >= 4 is 6.09 Å². The summed E-state index contributed by atoms with van der Waals surface area (Å²) in [5.74, 6) is 0. The molecule has 2 fully saturated rings. The van der Waals surface area contributed by atoms with Gasteiger partial charge in [-0.2, -0.15) is 0 Å². The van der Waals surface area contributed by atoms with E-state index in [-0.39, 0.29) is 6.09 Å². The standard InChI is InChI=1S/C11H19NO3/c13-10-12(7-4-8-15-10)9-11(14)5-2-1-3-6-11/h14H,1-9H2. The van der Waals surface area contributed by atoms with Crippen LogP contribution in [-0.2, 0) is 4.74 Å². The summed E-state index contributed by atoms with van der Waals surface area (Å²) in [7, 11) is 0. The summed E-state index contributed by atoms with van der Waals surface area (Å²) >= 11 is 0. The van der Waals surface area contributed by atoms with Gasteiger partial charge in [-0.1, -0.05) is 19.3 Å². The van der Waals surface area contributed by atoms with Crippen molar-refractivity contribution in [2.75, 3.05) is 19.7 Å². The van der Waals surface area contributed by atoms with Crippen LogP contribution in [0.5, 0.6) is 0 Å². The highest BCUT2D eigenvalue weighted by Gasteiger charge is 2.34. The Morgan fingerprint density at radius 2 is 2.00 bits per heavy atom. The van der Waals surface area contributed by atoms with Gasteiger partial charge in [-0.3, -0.25) is 0 Å². The van der Waals surface area contributed by atoms with Crippen molar-refractivity contribution in [1.29, 1.82) is 0 Å². The first-order valence-electron chi connectivity index (χ1n) is 5.84. The van der Waals surface area contributed by atoms with E-state index in [1.165, 1.54) is 6.42 Å². The van der Waals surface area contributed by atoms with Gasteiger partial charge in [0.25, 0.3) is 0 Å². The fraction of sp³-hybridized carbons (Fsp3) is 0.909. The number of cyclic esters (lactones) is 1. The minimum Gasteiger partial charge on any atom is -0.449 e. The van der Waals surface area contributed by atoms with Crippen molar-refractivity contribution in [2.45, 2.75) is 44.1 Å². The summed E-state index contributed by atoms with van der Waals surface area (Å²) in [5.41, 5.74) is -0.658. The van der Waals surface area contributed by atoms with E-state index in [9.17, 15) is 9.90 Å².